The largest absolute Gasteiger partial charge is 0.461 e. The summed E-state index contributed by atoms with van der Waals surface area (Å²) in [4.78, 5) is 23.5. The SMILES string of the molecule is CCOC(=O)c1nc2ccccc2nc1N1CCN(S(=O)(=O)c2cccc(Cl)c2Cl)CC1. The number of benzene rings is 2. The number of carbonyl (C=O) groups excluding carboxylic acids is 1. The second-order valence-electron chi connectivity index (χ2n) is 7.05. The molecule has 0 saturated carbocycles. The molecule has 0 radical (unpaired) electrons. The molecule has 2 aromatic carbocycles. The van der Waals surface area contributed by atoms with Crippen LogP contribution in [0.3, 0.4) is 0 Å². The number of ether oxygens (including phenoxy) is 1. The van der Waals surface area contributed by atoms with E-state index in [1.165, 1.54) is 16.4 Å². The van der Waals surface area contributed by atoms with Crippen LogP contribution in [0.5, 0.6) is 0 Å². The van der Waals surface area contributed by atoms with E-state index in [0.717, 1.165) is 0 Å². The van der Waals surface area contributed by atoms with Crippen molar-refractivity contribution in [3.05, 3.63) is 58.2 Å². The van der Waals surface area contributed by atoms with Gasteiger partial charge in [-0.25, -0.2) is 23.2 Å². The minimum atomic E-state index is -3.83. The fourth-order valence-electron chi connectivity index (χ4n) is 3.51. The molecule has 1 aliphatic heterocycles. The number of fused-ring (bicyclic) bond motifs is 1. The number of aromatic nitrogens is 2. The molecule has 168 valence electrons. The van der Waals surface area contributed by atoms with Crippen LogP contribution in [-0.4, -0.2) is 61.4 Å². The first-order valence-corrected chi connectivity index (χ1v) is 12.2. The van der Waals surface area contributed by atoms with Gasteiger partial charge in [0, 0.05) is 26.2 Å². The topological polar surface area (TPSA) is 92.7 Å². The molecule has 1 aromatic heterocycles. The molecule has 0 unspecified atom stereocenters. The summed E-state index contributed by atoms with van der Waals surface area (Å²) in [6, 6.07) is 11.8. The molecule has 11 heteroatoms. The van der Waals surface area contributed by atoms with Gasteiger partial charge in [0.1, 0.15) is 4.90 Å². The van der Waals surface area contributed by atoms with Gasteiger partial charge in [-0.15, -0.1) is 0 Å². The second kappa shape index (κ2) is 9.19. The summed E-state index contributed by atoms with van der Waals surface area (Å²) < 4.78 is 32.7. The number of anilines is 1. The van der Waals surface area contributed by atoms with Gasteiger partial charge in [-0.05, 0) is 31.2 Å². The molecule has 0 aliphatic carbocycles. The van der Waals surface area contributed by atoms with Gasteiger partial charge in [0.15, 0.2) is 11.5 Å². The van der Waals surface area contributed by atoms with Crippen molar-refractivity contribution in [2.75, 3.05) is 37.7 Å². The van der Waals surface area contributed by atoms with Crippen molar-refractivity contribution in [2.24, 2.45) is 0 Å². The molecule has 3 aromatic rings. The summed E-state index contributed by atoms with van der Waals surface area (Å²) in [5.74, 6) is -0.193. The second-order valence-corrected chi connectivity index (χ2v) is 9.74. The summed E-state index contributed by atoms with van der Waals surface area (Å²) in [7, 11) is -3.83. The van der Waals surface area contributed by atoms with Crippen molar-refractivity contribution in [3.8, 4) is 0 Å². The average Bonchev–Trinajstić information content (AvgIpc) is 2.80. The van der Waals surface area contributed by atoms with E-state index in [2.05, 4.69) is 9.97 Å². The number of para-hydroxylation sites is 2. The number of sulfonamides is 1. The summed E-state index contributed by atoms with van der Waals surface area (Å²) >= 11 is 12.1. The van der Waals surface area contributed by atoms with Crippen molar-refractivity contribution in [2.45, 2.75) is 11.8 Å². The maximum Gasteiger partial charge on any atom is 0.360 e. The minimum Gasteiger partial charge on any atom is -0.461 e. The third kappa shape index (κ3) is 4.25. The molecule has 0 N–H and O–H groups in total. The van der Waals surface area contributed by atoms with Crippen molar-refractivity contribution in [1.29, 1.82) is 0 Å². The summed E-state index contributed by atoms with van der Waals surface area (Å²) in [5.41, 5.74) is 1.33. The highest BCUT2D eigenvalue weighted by molar-refractivity contribution is 7.89. The lowest BCUT2D eigenvalue weighted by Crippen LogP contribution is -2.49. The number of nitrogens with zero attached hydrogens (tertiary/aromatic N) is 4. The van der Waals surface area contributed by atoms with Gasteiger partial charge < -0.3 is 9.64 Å². The fraction of sp³-hybridized carbons (Fsp3) is 0.286. The Hall–Kier alpha value is -2.46. The molecule has 0 spiro atoms. The van der Waals surface area contributed by atoms with Gasteiger partial charge in [-0.2, -0.15) is 4.31 Å². The molecule has 2 heterocycles. The molecule has 0 amide bonds. The van der Waals surface area contributed by atoms with E-state index in [-0.39, 0.29) is 40.3 Å². The van der Waals surface area contributed by atoms with Gasteiger partial charge in [0.2, 0.25) is 10.0 Å². The predicted octanol–water partition coefficient (Wildman–Crippen LogP) is 3.62. The van der Waals surface area contributed by atoms with Crippen LogP contribution in [0, 0.1) is 0 Å². The number of hydrogen-bond acceptors (Lipinski definition) is 7. The predicted molar refractivity (Wildman–Crippen MR) is 123 cm³/mol. The quantitative estimate of drug-likeness (QED) is 0.499. The van der Waals surface area contributed by atoms with Crippen molar-refractivity contribution >= 4 is 56.0 Å². The maximum atomic E-state index is 13.1. The molecule has 8 nitrogen and oxygen atoms in total. The highest BCUT2D eigenvalue weighted by atomic mass is 35.5. The molecule has 32 heavy (non-hydrogen) atoms. The highest BCUT2D eigenvalue weighted by Gasteiger charge is 2.32. The Bertz CT molecular complexity index is 1280. The van der Waals surface area contributed by atoms with Crippen molar-refractivity contribution in [1.82, 2.24) is 14.3 Å². The normalized spacial score (nSPS) is 15.2. The smallest absolute Gasteiger partial charge is 0.360 e. The first-order valence-electron chi connectivity index (χ1n) is 9.96. The van der Waals surface area contributed by atoms with E-state index in [1.54, 1.807) is 19.1 Å². The number of carbonyl (C=O) groups is 1. The van der Waals surface area contributed by atoms with Gasteiger partial charge >= 0.3 is 5.97 Å². The molecule has 0 bridgehead atoms. The van der Waals surface area contributed by atoms with Crippen LogP contribution < -0.4 is 4.90 Å². The van der Waals surface area contributed by atoms with Crippen LogP contribution >= 0.6 is 23.2 Å². The number of piperazine rings is 1. The standard InChI is InChI=1S/C21H20Cl2N4O4S/c1-2-31-21(28)19-20(25-16-8-4-3-7-15(16)24-19)26-10-12-27(13-11-26)32(29,30)17-9-5-6-14(22)18(17)23/h3-9H,2,10-13H2,1H3. The van der Waals surface area contributed by atoms with Crippen LogP contribution in [0.1, 0.15) is 17.4 Å². The van der Waals surface area contributed by atoms with E-state index in [0.29, 0.717) is 29.9 Å². The Balaban J connectivity index is 1.62. The number of esters is 1. The Kier molecular flexibility index (Phi) is 6.52. The van der Waals surface area contributed by atoms with Crippen LogP contribution in [0.25, 0.3) is 11.0 Å². The third-order valence-corrected chi connectivity index (χ3v) is 7.97. The fourth-order valence-corrected chi connectivity index (χ4v) is 5.67. The Morgan fingerprint density at radius 2 is 1.66 bits per heavy atom. The summed E-state index contributed by atoms with van der Waals surface area (Å²) in [6.45, 7) is 2.92. The molecular weight excluding hydrogens is 475 g/mol. The zero-order chi connectivity index (χ0) is 22.9. The van der Waals surface area contributed by atoms with Gasteiger partial charge in [-0.3, -0.25) is 0 Å². The molecule has 4 rings (SSSR count). The first-order chi connectivity index (χ1) is 15.3. The Labute approximate surface area is 195 Å². The van der Waals surface area contributed by atoms with Crippen LogP contribution in [0.15, 0.2) is 47.4 Å². The lowest BCUT2D eigenvalue weighted by molar-refractivity contribution is 0.0520. The number of halogens is 2. The average molecular weight is 495 g/mol. The number of hydrogen-bond donors (Lipinski definition) is 0. The lowest BCUT2D eigenvalue weighted by Gasteiger charge is -2.35. The van der Waals surface area contributed by atoms with Crippen molar-refractivity contribution in [3.63, 3.8) is 0 Å². The summed E-state index contributed by atoms with van der Waals surface area (Å²) in [6.07, 6.45) is 0. The van der Waals surface area contributed by atoms with Crippen LogP contribution in [0.4, 0.5) is 5.82 Å². The van der Waals surface area contributed by atoms with Crippen LogP contribution in [-0.2, 0) is 14.8 Å². The summed E-state index contributed by atoms with van der Waals surface area (Å²) in [5, 5.41) is 0.179. The number of rotatable bonds is 5. The van der Waals surface area contributed by atoms with E-state index in [1.807, 2.05) is 23.1 Å². The first kappa shape index (κ1) is 22.7. The zero-order valence-corrected chi connectivity index (χ0v) is 19.5. The van der Waals surface area contributed by atoms with Gasteiger partial charge in [0.25, 0.3) is 0 Å². The molecular formula is C21H20Cl2N4O4S. The highest BCUT2D eigenvalue weighted by Crippen LogP contribution is 2.32. The lowest BCUT2D eigenvalue weighted by atomic mass is 10.2. The van der Waals surface area contributed by atoms with E-state index < -0.39 is 16.0 Å². The molecule has 1 saturated heterocycles. The zero-order valence-electron chi connectivity index (χ0n) is 17.2. The van der Waals surface area contributed by atoms with Gasteiger partial charge in [-0.1, -0.05) is 41.4 Å². The Morgan fingerprint density at radius 3 is 2.31 bits per heavy atom. The van der Waals surface area contributed by atoms with E-state index in [9.17, 15) is 13.2 Å². The van der Waals surface area contributed by atoms with Gasteiger partial charge in [0.05, 0.1) is 27.7 Å². The Morgan fingerprint density at radius 1 is 1.00 bits per heavy atom. The molecule has 1 fully saturated rings. The van der Waals surface area contributed by atoms with E-state index >= 15 is 0 Å². The molecule has 0 atom stereocenters. The van der Waals surface area contributed by atoms with Crippen molar-refractivity contribution < 1.29 is 17.9 Å². The maximum absolute atomic E-state index is 13.1. The molecule has 1 aliphatic rings. The monoisotopic (exact) mass is 494 g/mol. The minimum absolute atomic E-state index is 0.00147. The van der Waals surface area contributed by atoms with E-state index in [4.69, 9.17) is 27.9 Å². The third-order valence-electron chi connectivity index (χ3n) is 5.09. The van der Waals surface area contributed by atoms with Crippen LogP contribution in [0.2, 0.25) is 10.0 Å².